The van der Waals surface area contributed by atoms with Crippen LogP contribution in [0.3, 0.4) is 0 Å². The van der Waals surface area contributed by atoms with E-state index in [1.54, 1.807) is 37.3 Å². The van der Waals surface area contributed by atoms with E-state index >= 15 is 0 Å². The largest absolute Gasteiger partial charge is 0.355 e. The SMILES string of the molecule is CCNC(=O)C(Cc1ccccc1)N(Cc1ccccc1F)C(=O)CN(c1ccc(C)cc1)S(=O)(=O)c1ccc(F)cc1. The summed E-state index contributed by atoms with van der Waals surface area (Å²) < 4.78 is 57.3. The highest BCUT2D eigenvalue weighted by atomic mass is 32.2. The van der Waals surface area contributed by atoms with Crippen molar-refractivity contribution in [1.82, 2.24) is 10.2 Å². The average Bonchev–Trinajstić information content (AvgIpc) is 3.00. The molecule has 2 amide bonds. The quantitative estimate of drug-likeness (QED) is 0.239. The lowest BCUT2D eigenvalue weighted by Gasteiger charge is -2.34. The van der Waals surface area contributed by atoms with Gasteiger partial charge in [-0.2, -0.15) is 0 Å². The zero-order valence-electron chi connectivity index (χ0n) is 23.9. The maximum absolute atomic E-state index is 14.9. The van der Waals surface area contributed by atoms with Crippen LogP contribution in [-0.4, -0.2) is 44.3 Å². The van der Waals surface area contributed by atoms with Crippen LogP contribution in [0.25, 0.3) is 0 Å². The number of hydrogen-bond donors (Lipinski definition) is 1. The Morgan fingerprint density at radius 1 is 0.837 bits per heavy atom. The molecule has 0 aliphatic rings. The summed E-state index contributed by atoms with van der Waals surface area (Å²) in [5.41, 5.74) is 2.00. The fraction of sp³-hybridized carbons (Fsp3) is 0.212. The average molecular weight is 606 g/mol. The van der Waals surface area contributed by atoms with Gasteiger partial charge >= 0.3 is 0 Å². The molecule has 7 nitrogen and oxygen atoms in total. The van der Waals surface area contributed by atoms with E-state index in [-0.39, 0.29) is 29.1 Å². The van der Waals surface area contributed by atoms with Crippen LogP contribution < -0.4 is 9.62 Å². The number of halogens is 2. The number of aryl methyl sites for hydroxylation is 1. The highest BCUT2D eigenvalue weighted by Gasteiger charge is 2.34. The molecule has 1 N–H and O–H groups in total. The highest BCUT2D eigenvalue weighted by molar-refractivity contribution is 7.92. The van der Waals surface area contributed by atoms with Crippen molar-refractivity contribution < 1.29 is 26.8 Å². The Kier molecular flexibility index (Phi) is 10.3. The number of hydrogen-bond acceptors (Lipinski definition) is 4. The summed E-state index contributed by atoms with van der Waals surface area (Å²) in [5.74, 6) is -2.36. The van der Waals surface area contributed by atoms with E-state index in [1.807, 2.05) is 37.3 Å². The monoisotopic (exact) mass is 605 g/mol. The van der Waals surface area contributed by atoms with Gasteiger partial charge in [-0.05, 0) is 61.9 Å². The predicted octanol–water partition coefficient (Wildman–Crippen LogP) is 5.24. The summed E-state index contributed by atoms with van der Waals surface area (Å²) in [4.78, 5) is 28.7. The molecule has 4 aromatic carbocycles. The molecule has 0 bridgehead atoms. The van der Waals surface area contributed by atoms with Crippen molar-refractivity contribution >= 4 is 27.5 Å². The van der Waals surface area contributed by atoms with Crippen molar-refractivity contribution in [2.45, 2.75) is 37.8 Å². The van der Waals surface area contributed by atoms with Gasteiger partial charge in [0.05, 0.1) is 10.6 Å². The molecule has 0 aliphatic heterocycles. The number of rotatable bonds is 12. The molecule has 10 heteroatoms. The minimum Gasteiger partial charge on any atom is -0.355 e. The second kappa shape index (κ2) is 14.1. The number of nitrogens with one attached hydrogen (secondary N) is 1. The maximum atomic E-state index is 14.9. The van der Waals surface area contributed by atoms with E-state index in [1.165, 1.54) is 23.1 Å². The molecule has 4 rings (SSSR count). The van der Waals surface area contributed by atoms with Crippen molar-refractivity contribution in [2.24, 2.45) is 0 Å². The van der Waals surface area contributed by atoms with Gasteiger partial charge < -0.3 is 10.2 Å². The van der Waals surface area contributed by atoms with Gasteiger partial charge in [0.15, 0.2) is 0 Å². The predicted molar refractivity (Wildman–Crippen MR) is 162 cm³/mol. The lowest BCUT2D eigenvalue weighted by molar-refractivity contribution is -0.140. The zero-order chi connectivity index (χ0) is 31.0. The van der Waals surface area contributed by atoms with Gasteiger partial charge in [0.1, 0.15) is 24.2 Å². The van der Waals surface area contributed by atoms with Crippen LogP contribution >= 0.6 is 0 Å². The highest BCUT2D eigenvalue weighted by Crippen LogP contribution is 2.26. The summed E-state index contributed by atoms with van der Waals surface area (Å²) in [6.07, 6.45) is 0.113. The fourth-order valence-electron chi connectivity index (χ4n) is 4.63. The third-order valence-electron chi connectivity index (χ3n) is 6.92. The Bertz CT molecular complexity index is 1650. The van der Waals surface area contributed by atoms with Gasteiger partial charge in [0.25, 0.3) is 10.0 Å². The molecule has 224 valence electrons. The van der Waals surface area contributed by atoms with E-state index < -0.39 is 46.1 Å². The number of sulfonamides is 1. The fourth-order valence-corrected chi connectivity index (χ4v) is 6.04. The van der Waals surface area contributed by atoms with Crippen LogP contribution in [0.4, 0.5) is 14.5 Å². The van der Waals surface area contributed by atoms with Crippen LogP contribution in [0.1, 0.15) is 23.6 Å². The maximum Gasteiger partial charge on any atom is 0.264 e. The smallest absolute Gasteiger partial charge is 0.264 e. The number of carbonyl (C=O) groups is 2. The van der Waals surface area contributed by atoms with Crippen molar-refractivity contribution in [2.75, 3.05) is 17.4 Å². The third kappa shape index (κ3) is 7.84. The summed E-state index contributed by atoms with van der Waals surface area (Å²) in [6, 6.07) is 24.7. The number of likely N-dealkylation sites (N-methyl/N-ethyl adjacent to an activating group) is 1. The molecule has 0 fully saturated rings. The summed E-state index contributed by atoms with van der Waals surface area (Å²) in [7, 11) is -4.36. The van der Waals surface area contributed by atoms with Crippen molar-refractivity contribution in [3.8, 4) is 0 Å². The van der Waals surface area contributed by atoms with E-state index in [9.17, 15) is 26.8 Å². The molecule has 0 aliphatic carbocycles. The number of amides is 2. The molecule has 43 heavy (non-hydrogen) atoms. The standard InChI is InChI=1S/C33H33F2N3O4S/c1-3-36-33(40)31(21-25-9-5-4-6-10-25)37(22-26-11-7-8-12-30(26)35)32(39)23-38(28-17-13-24(2)14-18-28)43(41,42)29-19-15-27(34)16-20-29/h4-20,31H,3,21-23H2,1-2H3,(H,36,40). The Hall–Kier alpha value is -4.57. The first-order valence-corrected chi connectivity index (χ1v) is 15.2. The molecular formula is C33H33F2N3O4S. The second-order valence-corrected chi connectivity index (χ2v) is 11.9. The lowest BCUT2D eigenvalue weighted by Crippen LogP contribution is -2.53. The van der Waals surface area contributed by atoms with Gasteiger partial charge in [-0.15, -0.1) is 0 Å². The van der Waals surface area contributed by atoms with Gasteiger partial charge in [0.2, 0.25) is 11.8 Å². The van der Waals surface area contributed by atoms with Crippen molar-refractivity contribution in [3.05, 3.63) is 131 Å². The Labute approximate surface area is 250 Å². The van der Waals surface area contributed by atoms with Crippen molar-refractivity contribution in [1.29, 1.82) is 0 Å². The van der Waals surface area contributed by atoms with E-state index in [0.29, 0.717) is 6.54 Å². The first kappa shape index (κ1) is 31.4. The number of anilines is 1. The number of carbonyl (C=O) groups excluding carboxylic acids is 2. The Morgan fingerprint density at radius 3 is 2.09 bits per heavy atom. The van der Waals surface area contributed by atoms with E-state index in [4.69, 9.17) is 0 Å². The second-order valence-electron chi connectivity index (χ2n) is 10.0. The van der Waals surface area contributed by atoms with Crippen LogP contribution in [0.5, 0.6) is 0 Å². The van der Waals surface area contributed by atoms with Crippen molar-refractivity contribution in [3.63, 3.8) is 0 Å². The van der Waals surface area contributed by atoms with E-state index in [0.717, 1.165) is 39.7 Å². The molecule has 0 heterocycles. The molecule has 1 unspecified atom stereocenters. The van der Waals surface area contributed by atoms with Crippen LogP contribution in [0.2, 0.25) is 0 Å². The third-order valence-corrected chi connectivity index (χ3v) is 8.71. The molecule has 1 atom stereocenters. The molecule has 0 aromatic heterocycles. The van der Waals surface area contributed by atoms with E-state index in [2.05, 4.69) is 5.32 Å². The van der Waals surface area contributed by atoms with Crippen LogP contribution in [0.15, 0.2) is 108 Å². The van der Waals surface area contributed by atoms with Gasteiger partial charge in [0, 0.05) is 25.1 Å². The van der Waals surface area contributed by atoms with Gasteiger partial charge in [-0.1, -0.05) is 66.2 Å². The number of benzene rings is 4. The molecule has 0 spiro atoms. The first-order chi connectivity index (χ1) is 20.6. The van der Waals surface area contributed by atoms with Gasteiger partial charge in [-0.3, -0.25) is 13.9 Å². The topological polar surface area (TPSA) is 86.8 Å². The molecule has 4 aromatic rings. The molecule has 0 saturated carbocycles. The summed E-state index contributed by atoms with van der Waals surface area (Å²) >= 11 is 0. The molecule has 0 saturated heterocycles. The molecule has 0 radical (unpaired) electrons. The van der Waals surface area contributed by atoms with Crippen LogP contribution in [-0.2, 0) is 32.6 Å². The zero-order valence-corrected chi connectivity index (χ0v) is 24.7. The Morgan fingerprint density at radius 2 is 1.47 bits per heavy atom. The minimum atomic E-state index is -4.36. The summed E-state index contributed by atoms with van der Waals surface area (Å²) in [6.45, 7) is 2.90. The van der Waals surface area contributed by atoms with Crippen LogP contribution in [0, 0.1) is 18.6 Å². The Balaban J connectivity index is 1.80. The summed E-state index contributed by atoms with van der Waals surface area (Å²) in [5, 5.41) is 2.76. The number of nitrogens with zero attached hydrogens (tertiary/aromatic N) is 2. The minimum absolute atomic E-state index is 0.113. The lowest BCUT2D eigenvalue weighted by atomic mass is 10.0. The normalized spacial score (nSPS) is 11.9. The first-order valence-electron chi connectivity index (χ1n) is 13.8. The van der Waals surface area contributed by atoms with Gasteiger partial charge in [-0.25, -0.2) is 17.2 Å². The molecular weight excluding hydrogens is 572 g/mol.